The van der Waals surface area contributed by atoms with Crippen molar-refractivity contribution in [1.29, 1.82) is 0 Å². The zero-order valence-electron chi connectivity index (χ0n) is 18.7. The van der Waals surface area contributed by atoms with Gasteiger partial charge in [-0.3, -0.25) is 4.90 Å². The molecule has 156 valence electrons. The molecule has 0 aromatic rings. The quantitative estimate of drug-likeness (QED) is 0.439. The molecule has 2 aliphatic heterocycles. The van der Waals surface area contributed by atoms with Crippen molar-refractivity contribution >= 4 is 0 Å². The molecular formula is C27H43N. The summed E-state index contributed by atoms with van der Waals surface area (Å²) >= 11 is 0. The van der Waals surface area contributed by atoms with Crippen molar-refractivity contribution in [2.24, 2.45) is 58.7 Å². The number of nitrogens with zero attached hydrogens (tertiary/aromatic N) is 1. The topological polar surface area (TPSA) is 3.24 Å². The second-order valence-electron chi connectivity index (χ2n) is 12.4. The van der Waals surface area contributed by atoms with Crippen molar-refractivity contribution in [2.75, 3.05) is 13.1 Å². The lowest BCUT2D eigenvalue weighted by atomic mass is 9.54. The molecule has 1 nitrogen and oxygen atoms in total. The first-order valence-electron chi connectivity index (χ1n) is 13.0. The monoisotopic (exact) mass is 381 g/mol. The van der Waals surface area contributed by atoms with Gasteiger partial charge in [0.1, 0.15) is 0 Å². The van der Waals surface area contributed by atoms with Gasteiger partial charge in [0.2, 0.25) is 0 Å². The Kier molecular flexibility index (Phi) is 4.35. The Morgan fingerprint density at radius 3 is 2.50 bits per heavy atom. The first-order chi connectivity index (χ1) is 13.6. The van der Waals surface area contributed by atoms with Gasteiger partial charge in [-0.05, 0) is 116 Å². The van der Waals surface area contributed by atoms with Crippen LogP contribution in [0.25, 0.3) is 0 Å². The summed E-state index contributed by atoms with van der Waals surface area (Å²) in [4.78, 5) is 2.98. The van der Waals surface area contributed by atoms with Crippen LogP contribution in [0.1, 0.15) is 78.6 Å². The van der Waals surface area contributed by atoms with Gasteiger partial charge in [-0.1, -0.05) is 32.9 Å². The molecule has 3 saturated carbocycles. The van der Waals surface area contributed by atoms with E-state index in [0.717, 1.165) is 59.3 Å². The highest BCUT2D eigenvalue weighted by atomic mass is 15.2. The minimum Gasteiger partial charge on any atom is -0.300 e. The molecule has 0 amide bonds. The molecule has 11 atom stereocenters. The molecule has 1 unspecified atom stereocenters. The number of hydrogen-bond donors (Lipinski definition) is 0. The predicted molar refractivity (Wildman–Crippen MR) is 117 cm³/mol. The maximum atomic E-state index is 2.98. The molecule has 6 aliphatic rings. The van der Waals surface area contributed by atoms with Crippen molar-refractivity contribution in [3.8, 4) is 0 Å². The average molecular weight is 382 g/mol. The highest BCUT2D eigenvalue weighted by Gasteiger charge is 2.59. The maximum Gasteiger partial charge on any atom is 0.0124 e. The molecule has 1 heteroatoms. The number of piperidine rings is 2. The third kappa shape index (κ3) is 2.53. The molecule has 2 heterocycles. The molecule has 0 N–H and O–H groups in total. The van der Waals surface area contributed by atoms with Crippen LogP contribution in [0.4, 0.5) is 0 Å². The van der Waals surface area contributed by atoms with Gasteiger partial charge >= 0.3 is 0 Å². The predicted octanol–water partition coefficient (Wildman–Crippen LogP) is 6.40. The molecule has 6 rings (SSSR count). The van der Waals surface area contributed by atoms with Gasteiger partial charge in [-0.2, -0.15) is 0 Å². The molecule has 0 aromatic carbocycles. The van der Waals surface area contributed by atoms with Crippen LogP contribution in [0.3, 0.4) is 0 Å². The van der Waals surface area contributed by atoms with Gasteiger partial charge in [0.05, 0.1) is 0 Å². The first kappa shape index (κ1) is 18.5. The minimum atomic E-state index is 0.538. The van der Waals surface area contributed by atoms with Gasteiger partial charge in [-0.15, -0.1) is 0 Å². The van der Waals surface area contributed by atoms with E-state index in [0.29, 0.717) is 5.41 Å². The molecule has 0 spiro atoms. The van der Waals surface area contributed by atoms with Gasteiger partial charge in [-0.25, -0.2) is 0 Å². The minimum absolute atomic E-state index is 0.538. The zero-order valence-corrected chi connectivity index (χ0v) is 18.7. The molecule has 0 radical (unpaired) electrons. The van der Waals surface area contributed by atoms with Crippen LogP contribution in [0.2, 0.25) is 0 Å². The van der Waals surface area contributed by atoms with Crippen LogP contribution in [0.15, 0.2) is 12.2 Å². The molecule has 0 aromatic heterocycles. The van der Waals surface area contributed by atoms with Gasteiger partial charge in [0, 0.05) is 19.1 Å². The van der Waals surface area contributed by atoms with Crippen LogP contribution < -0.4 is 0 Å². The van der Waals surface area contributed by atoms with Crippen LogP contribution in [0, 0.1) is 58.7 Å². The average Bonchev–Trinajstić information content (AvgIpc) is 3.08. The third-order valence-corrected chi connectivity index (χ3v) is 11.5. The highest BCUT2D eigenvalue weighted by molar-refractivity contribution is 5.16. The van der Waals surface area contributed by atoms with Crippen LogP contribution in [-0.2, 0) is 0 Å². The summed E-state index contributed by atoms with van der Waals surface area (Å²) in [5, 5.41) is 0. The van der Waals surface area contributed by atoms with E-state index in [2.05, 4.69) is 37.8 Å². The summed E-state index contributed by atoms with van der Waals surface area (Å²) < 4.78 is 0. The summed E-state index contributed by atoms with van der Waals surface area (Å²) in [5.74, 6) is 9.13. The highest BCUT2D eigenvalue weighted by Crippen LogP contribution is 2.66. The fourth-order valence-electron chi connectivity index (χ4n) is 10.1. The van der Waals surface area contributed by atoms with Crippen molar-refractivity contribution in [2.45, 2.75) is 84.6 Å². The number of fused-ring (bicyclic) bond motifs is 8. The van der Waals surface area contributed by atoms with E-state index < -0.39 is 0 Å². The van der Waals surface area contributed by atoms with Gasteiger partial charge < -0.3 is 0 Å². The second kappa shape index (κ2) is 6.60. The molecular weight excluding hydrogens is 338 g/mol. The van der Waals surface area contributed by atoms with Gasteiger partial charge in [0.15, 0.2) is 0 Å². The lowest BCUT2D eigenvalue weighted by molar-refractivity contribution is -0.0723. The Morgan fingerprint density at radius 1 is 0.786 bits per heavy atom. The number of rotatable bonds is 0. The van der Waals surface area contributed by atoms with Crippen LogP contribution in [-0.4, -0.2) is 24.0 Å². The number of hydrogen-bond acceptors (Lipinski definition) is 1. The third-order valence-electron chi connectivity index (χ3n) is 11.5. The van der Waals surface area contributed by atoms with Crippen LogP contribution in [0.5, 0.6) is 0 Å². The first-order valence-corrected chi connectivity index (χ1v) is 13.0. The Hall–Kier alpha value is -0.300. The van der Waals surface area contributed by atoms with E-state index in [1.165, 1.54) is 45.2 Å². The van der Waals surface area contributed by atoms with Crippen molar-refractivity contribution in [3.05, 3.63) is 12.2 Å². The van der Waals surface area contributed by atoms with Crippen molar-refractivity contribution in [3.63, 3.8) is 0 Å². The van der Waals surface area contributed by atoms with Crippen molar-refractivity contribution in [1.82, 2.24) is 4.90 Å². The largest absolute Gasteiger partial charge is 0.300 e. The molecule has 28 heavy (non-hydrogen) atoms. The van der Waals surface area contributed by atoms with E-state index in [1.54, 1.807) is 25.7 Å². The lowest BCUT2D eigenvalue weighted by Gasteiger charge is -2.56. The maximum absolute atomic E-state index is 2.98. The normalized spacial score (nSPS) is 58.2. The Balaban J connectivity index is 1.29. The molecule has 2 saturated heterocycles. The summed E-state index contributed by atoms with van der Waals surface area (Å²) in [7, 11) is 0. The van der Waals surface area contributed by atoms with Crippen molar-refractivity contribution < 1.29 is 0 Å². The molecule has 4 aliphatic carbocycles. The molecule has 0 bridgehead atoms. The van der Waals surface area contributed by atoms with E-state index >= 15 is 0 Å². The van der Waals surface area contributed by atoms with E-state index in [-0.39, 0.29) is 0 Å². The standard InChI is InChI=1S/C27H43N/c1-17-7-12-26-18(2)20-10-11-21-22-9-8-19-6-4-5-13-27(19,3)25(22)14-23(21)24(20)16-28(26)15-17/h5,13,17-26H,4,6-12,14-16H2,1-3H3/t17-,18+,19?,20+,21-,22-,23+,24+,25-,26-,27-/m0/s1. The summed E-state index contributed by atoms with van der Waals surface area (Å²) in [6, 6.07) is 0.917. The summed E-state index contributed by atoms with van der Waals surface area (Å²) in [5.41, 5.74) is 0.538. The number of allylic oxidation sites excluding steroid dienone is 2. The summed E-state index contributed by atoms with van der Waals surface area (Å²) in [6.07, 6.45) is 18.8. The van der Waals surface area contributed by atoms with E-state index in [1.807, 2.05) is 0 Å². The summed E-state index contributed by atoms with van der Waals surface area (Å²) in [6.45, 7) is 10.7. The lowest BCUT2D eigenvalue weighted by Crippen LogP contribution is -2.58. The van der Waals surface area contributed by atoms with Crippen LogP contribution >= 0.6 is 0 Å². The van der Waals surface area contributed by atoms with E-state index in [9.17, 15) is 0 Å². The Labute approximate surface area is 173 Å². The fraction of sp³-hybridized carbons (Fsp3) is 0.926. The SMILES string of the molecule is C[C@H]1CC[C@H]2[C@H](C)[C@H]3CC[C@@H]4[C@@H](C[C@H]5[C@H]4CCC4CCC=C[C@@]45C)[C@@H]3CN2C1. The Bertz CT molecular complexity index is 636. The smallest absolute Gasteiger partial charge is 0.0124 e. The van der Waals surface area contributed by atoms with Gasteiger partial charge in [0.25, 0.3) is 0 Å². The van der Waals surface area contributed by atoms with E-state index in [4.69, 9.17) is 0 Å². The Morgan fingerprint density at radius 2 is 1.61 bits per heavy atom. The fourth-order valence-corrected chi connectivity index (χ4v) is 10.1. The second-order valence-corrected chi connectivity index (χ2v) is 12.4. The molecule has 5 fully saturated rings. The zero-order chi connectivity index (χ0) is 19.0.